The summed E-state index contributed by atoms with van der Waals surface area (Å²) in [4.78, 5) is 13.3. The molecule has 1 heterocycles. The molecule has 1 N–H and O–H groups in total. The monoisotopic (exact) mass is 456 g/mol. The zero-order chi connectivity index (χ0) is 22.2. The first-order valence-electron chi connectivity index (χ1n) is 9.76. The number of nitrogens with zero attached hydrogens (tertiary/aromatic N) is 1. The third kappa shape index (κ3) is 5.68. The van der Waals surface area contributed by atoms with Crippen molar-refractivity contribution in [1.82, 2.24) is 5.32 Å². The van der Waals surface area contributed by atoms with Gasteiger partial charge in [-0.1, -0.05) is 54.1 Å². The number of allylic oxidation sites excluding steroid dienone is 2. The van der Waals surface area contributed by atoms with E-state index in [0.717, 1.165) is 11.1 Å². The second-order valence-corrected chi connectivity index (χ2v) is 7.77. The van der Waals surface area contributed by atoms with Crippen LogP contribution >= 0.6 is 23.2 Å². The molecule has 2 aromatic carbocycles. The van der Waals surface area contributed by atoms with Crippen molar-refractivity contribution in [1.29, 1.82) is 5.26 Å². The molecular weight excluding hydrogens is 435 g/mol. The molecule has 0 fully saturated rings. The normalized spacial score (nSPS) is 16.0. The van der Waals surface area contributed by atoms with Crippen LogP contribution in [0.25, 0.3) is 0 Å². The van der Waals surface area contributed by atoms with Crippen LogP contribution in [0.15, 0.2) is 77.1 Å². The number of esters is 1. The van der Waals surface area contributed by atoms with Gasteiger partial charge in [0.1, 0.15) is 6.61 Å². The van der Waals surface area contributed by atoms with Gasteiger partial charge in [0.05, 0.1) is 42.0 Å². The highest BCUT2D eigenvalue weighted by atomic mass is 35.5. The van der Waals surface area contributed by atoms with Gasteiger partial charge in [-0.15, -0.1) is 11.6 Å². The molecular formula is C24H22Cl2N2O3. The molecule has 7 heteroatoms. The van der Waals surface area contributed by atoms with Crippen molar-refractivity contribution in [3.8, 4) is 6.07 Å². The van der Waals surface area contributed by atoms with Gasteiger partial charge in [0, 0.05) is 16.6 Å². The van der Waals surface area contributed by atoms with Crippen LogP contribution in [-0.4, -0.2) is 25.1 Å². The van der Waals surface area contributed by atoms with Crippen LogP contribution in [0.2, 0.25) is 5.02 Å². The van der Waals surface area contributed by atoms with E-state index in [1.165, 1.54) is 0 Å². The number of alkyl halides is 1. The van der Waals surface area contributed by atoms with E-state index >= 15 is 0 Å². The molecule has 1 aliphatic heterocycles. The SMILES string of the molecule is CC1=C(C#N)C(c2cccc(Cl)c2)C(C(=O)OCc2ccccc2)=C(COCCCl)N1. The summed E-state index contributed by atoms with van der Waals surface area (Å²) in [6.07, 6.45) is 0. The van der Waals surface area contributed by atoms with E-state index in [2.05, 4.69) is 11.4 Å². The van der Waals surface area contributed by atoms with Crippen LogP contribution in [-0.2, 0) is 20.9 Å². The number of nitrogens with one attached hydrogen (secondary N) is 1. The van der Waals surface area contributed by atoms with Crippen LogP contribution < -0.4 is 5.32 Å². The average molecular weight is 457 g/mol. The molecule has 2 aromatic rings. The second kappa shape index (κ2) is 11.0. The first kappa shape index (κ1) is 22.9. The molecule has 160 valence electrons. The zero-order valence-electron chi connectivity index (χ0n) is 17.0. The summed E-state index contributed by atoms with van der Waals surface area (Å²) < 4.78 is 11.2. The van der Waals surface area contributed by atoms with E-state index in [4.69, 9.17) is 32.7 Å². The number of carbonyl (C=O) groups is 1. The molecule has 0 aliphatic carbocycles. The van der Waals surface area contributed by atoms with Gasteiger partial charge in [-0.25, -0.2) is 4.79 Å². The zero-order valence-corrected chi connectivity index (χ0v) is 18.5. The number of hydrogen-bond donors (Lipinski definition) is 1. The summed E-state index contributed by atoms with van der Waals surface area (Å²) in [5, 5.41) is 13.5. The topological polar surface area (TPSA) is 71.4 Å². The Balaban J connectivity index is 2.01. The Labute approximate surface area is 191 Å². The minimum atomic E-state index is -0.622. The van der Waals surface area contributed by atoms with Gasteiger partial charge < -0.3 is 14.8 Å². The number of nitriles is 1. The Morgan fingerprint density at radius 3 is 2.61 bits per heavy atom. The number of benzene rings is 2. The van der Waals surface area contributed by atoms with Crippen molar-refractivity contribution < 1.29 is 14.3 Å². The lowest BCUT2D eigenvalue weighted by atomic mass is 9.81. The minimum Gasteiger partial charge on any atom is -0.457 e. The quantitative estimate of drug-likeness (QED) is 0.340. The van der Waals surface area contributed by atoms with E-state index < -0.39 is 11.9 Å². The summed E-state index contributed by atoms with van der Waals surface area (Å²) in [6.45, 7) is 2.37. The van der Waals surface area contributed by atoms with Crippen LogP contribution in [0.4, 0.5) is 0 Å². The first-order chi connectivity index (χ1) is 15.0. The predicted octanol–water partition coefficient (Wildman–Crippen LogP) is 5.08. The molecule has 3 rings (SSSR count). The fraction of sp³-hybridized carbons (Fsp3) is 0.250. The van der Waals surface area contributed by atoms with Crippen LogP contribution in [0.5, 0.6) is 0 Å². The van der Waals surface area contributed by atoms with Crippen LogP contribution in [0.1, 0.15) is 24.0 Å². The van der Waals surface area contributed by atoms with Crippen molar-refractivity contribution in [3.05, 3.63) is 93.3 Å². The molecule has 0 aromatic heterocycles. The maximum atomic E-state index is 13.3. The Hall–Kier alpha value is -2.78. The Morgan fingerprint density at radius 1 is 1.16 bits per heavy atom. The van der Waals surface area contributed by atoms with Gasteiger partial charge in [0.25, 0.3) is 0 Å². The largest absolute Gasteiger partial charge is 0.457 e. The van der Waals surface area contributed by atoms with E-state index in [9.17, 15) is 10.1 Å². The first-order valence-corrected chi connectivity index (χ1v) is 10.7. The third-order valence-electron chi connectivity index (χ3n) is 4.85. The molecule has 0 saturated heterocycles. The van der Waals surface area contributed by atoms with Gasteiger partial charge >= 0.3 is 5.97 Å². The summed E-state index contributed by atoms with van der Waals surface area (Å²) >= 11 is 11.9. The summed E-state index contributed by atoms with van der Waals surface area (Å²) in [5.41, 5.74) is 3.55. The summed E-state index contributed by atoms with van der Waals surface area (Å²) in [7, 11) is 0. The summed E-state index contributed by atoms with van der Waals surface area (Å²) in [5.74, 6) is -0.814. The van der Waals surface area contributed by atoms with Crippen LogP contribution in [0, 0.1) is 11.3 Å². The van der Waals surface area contributed by atoms with E-state index in [1.807, 2.05) is 36.4 Å². The van der Waals surface area contributed by atoms with Crippen molar-refractivity contribution >= 4 is 29.2 Å². The fourth-order valence-electron chi connectivity index (χ4n) is 3.45. The molecule has 5 nitrogen and oxygen atoms in total. The number of carbonyl (C=O) groups excluding carboxylic acids is 1. The van der Waals surface area contributed by atoms with Gasteiger partial charge in [-0.2, -0.15) is 5.26 Å². The minimum absolute atomic E-state index is 0.117. The number of dihydropyridines is 1. The molecule has 0 radical (unpaired) electrons. The lowest BCUT2D eigenvalue weighted by Crippen LogP contribution is -2.32. The number of halogens is 2. The smallest absolute Gasteiger partial charge is 0.337 e. The highest BCUT2D eigenvalue weighted by Crippen LogP contribution is 2.39. The number of ether oxygens (including phenoxy) is 2. The molecule has 1 atom stereocenters. The van der Waals surface area contributed by atoms with Crippen molar-refractivity contribution in [2.75, 3.05) is 19.1 Å². The predicted molar refractivity (Wildman–Crippen MR) is 120 cm³/mol. The maximum Gasteiger partial charge on any atom is 0.337 e. The second-order valence-electron chi connectivity index (χ2n) is 6.96. The Morgan fingerprint density at radius 2 is 1.94 bits per heavy atom. The molecule has 0 spiro atoms. The Bertz CT molecular complexity index is 1040. The van der Waals surface area contributed by atoms with E-state index in [-0.39, 0.29) is 13.2 Å². The van der Waals surface area contributed by atoms with Crippen molar-refractivity contribution in [2.45, 2.75) is 19.4 Å². The standard InChI is InChI=1S/C24H22Cl2N2O3/c1-16-20(13-27)22(18-8-5-9-19(26)12-18)23(21(28-16)15-30-11-10-25)24(29)31-14-17-6-3-2-4-7-17/h2-9,12,22,28H,10-11,14-15H2,1H3. The third-order valence-corrected chi connectivity index (χ3v) is 5.24. The number of hydrogen-bond acceptors (Lipinski definition) is 5. The van der Waals surface area contributed by atoms with Crippen molar-refractivity contribution in [3.63, 3.8) is 0 Å². The van der Waals surface area contributed by atoms with E-state index in [1.54, 1.807) is 25.1 Å². The summed E-state index contributed by atoms with van der Waals surface area (Å²) in [6, 6.07) is 18.8. The molecule has 31 heavy (non-hydrogen) atoms. The lowest BCUT2D eigenvalue weighted by Gasteiger charge is -2.30. The van der Waals surface area contributed by atoms with Gasteiger partial charge in [0.15, 0.2) is 0 Å². The highest BCUT2D eigenvalue weighted by molar-refractivity contribution is 6.30. The Kier molecular flexibility index (Phi) is 8.13. The maximum absolute atomic E-state index is 13.3. The van der Waals surface area contributed by atoms with Gasteiger partial charge in [-0.3, -0.25) is 0 Å². The lowest BCUT2D eigenvalue weighted by molar-refractivity contribution is -0.140. The molecule has 0 bridgehead atoms. The van der Waals surface area contributed by atoms with Crippen molar-refractivity contribution in [2.24, 2.45) is 0 Å². The molecule has 1 aliphatic rings. The molecule has 0 saturated carbocycles. The molecule has 0 amide bonds. The average Bonchev–Trinajstić information content (AvgIpc) is 2.78. The van der Waals surface area contributed by atoms with Crippen LogP contribution in [0.3, 0.4) is 0 Å². The fourth-order valence-corrected chi connectivity index (χ4v) is 3.76. The van der Waals surface area contributed by atoms with Gasteiger partial charge in [-0.05, 0) is 30.2 Å². The highest BCUT2D eigenvalue weighted by Gasteiger charge is 2.35. The molecule has 1 unspecified atom stereocenters. The van der Waals surface area contributed by atoms with E-state index in [0.29, 0.717) is 40.0 Å². The van der Waals surface area contributed by atoms with Gasteiger partial charge in [0.2, 0.25) is 0 Å². The number of rotatable bonds is 8.